The highest BCUT2D eigenvalue weighted by atomic mass is 16.8. The lowest BCUT2D eigenvalue weighted by atomic mass is 10.00. The summed E-state index contributed by atoms with van der Waals surface area (Å²) in [5.74, 6) is -4.77. The first-order valence-corrected chi connectivity index (χ1v) is 11.4. The number of hydrogen-bond donors (Lipinski definition) is 0. The van der Waals surface area contributed by atoms with Gasteiger partial charge >= 0.3 is 35.8 Å². The molecule has 14 nitrogen and oxygen atoms in total. The fraction of sp³-hybridized carbons (Fsp3) is 0.500. The van der Waals surface area contributed by atoms with E-state index in [1.54, 1.807) is 0 Å². The minimum Gasteiger partial charge on any atom is -0.462 e. The van der Waals surface area contributed by atoms with Gasteiger partial charge in [-0.15, -0.1) is 0 Å². The van der Waals surface area contributed by atoms with Crippen molar-refractivity contribution in [1.82, 2.24) is 0 Å². The lowest BCUT2D eigenvalue weighted by Crippen LogP contribution is -2.58. The number of carbonyl (C=O) groups excluding carboxylic acids is 6. The van der Waals surface area contributed by atoms with E-state index in [1.165, 1.54) is 0 Å². The summed E-state index contributed by atoms with van der Waals surface area (Å²) in [6, 6.07) is 0. The topological polar surface area (TPSA) is 176 Å². The Hall–Kier alpha value is -4.04. The summed E-state index contributed by atoms with van der Waals surface area (Å²) < 4.78 is 41.7. The molecule has 0 N–H and O–H groups in total. The lowest BCUT2D eigenvalue weighted by molar-refractivity contribution is -0.252. The van der Waals surface area contributed by atoms with Crippen molar-refractivity contribution in [1.29, 1.82) is 0 Å². The van der Waals surface area contributed by atoms with Crippen LogP contribution < -0.4 is 0 Å². The molecule has 208 valence electrons. The number of esters is 6. The molecule has 2 saturated heterocycles. The monoisotopic (exact) mass is 540 g/mol. The number of carbonyl (C=O) groups is 6. The van der Waals surface area contributed by atoms with Crippen molar-refractivity contribution < 1.29 is 66.7 Å². The first-order valence-electron chi connectivity index (χ1n) is 11.4. The fourth-order valence-electron chi connectivity index (χ4n) is 3.25. The molecule has 0 aliphatic carbocycles. The van der Waals surface area contributed by atoms with Gasteiger partial charge in [0.25, 0.3) is 0 Å². The Morgan fingerprint density at radius 3 is 1.45 bits per heavy atom. The number of fused-ring (bicyclic) bond motifs is 2. The Labute approximate surface area is 217 Å². The van der Waals surface area contributed by atoms with E-state index in [0.29, 0.717) is 0 Å². The molecule has 0 amide bonds. The molecule has 2 bridgehead atoms. The highest BCUT2D eigenvalue weighted by Gasteiger charge is 2.56. The summed E-state index contributed by atoms with van der Waals surface area (Å²) >= 11 is 0. The molecule has 2 aliphatic rings. The average molecular weight is 540 g/mol. The van der Waals surface area contributed by atoms with E-state index in [9.17, 15) is 28.8 Å². The summed E-state index contributed by atoms with van der Waals surface area (Å²) in [7, 11) is 0. The molecule has 2 fully saturated rings. The van der Waals surface area contributed by atoms with Crippen LogP contribution in [0.15, 0.2) is 38.0 Å². The van der Waals surface area contributed by atoms with Gasteiger partial charge in [-0.1, -0.05) is 19.7 Å². The van der Waals surface area contributed by atoms with Crippen molar-refractivity contribution in [3.8, 4) is 0 Å². The summed E-state index contributed by atoms with van der Waals surface area (Å²) in [6.07, 6.45) is -4.34. The summed E-state index contributed by atoms with van der Waals surface area (Å²) in [6.45, 7) is 8.70. The summed E-state index contributed by atoms with van der Waals surface area (Å²) in [5.41, 5.74) is 0. The van der Waals surface area contributed by atoms with Crippen LogP contribution in [0.2, 0.25) is 0 Å². The Kier molecular flexibility index (Phi) is 12.1. The van der Waals surface area contributed by atoms with Crippen LogP contribution >= 0.6 is 0 Å². The molecule has 2 rings (SSSR count). The van der Waals surface area contributed by atoms with Crippen LogP contribution in [0.1, 0.15) is 19.3 Å². The van der Waals surface area contributed by atoms with Gasteiger partial charge in [0.05, 0.1) is 25.9 Å². The van der Waals surface area contributed by atoms with Gasteiger partial charge in [-0.25, -0.2) is 14.4 Å². The van der Waals surface area contributed by atoms with Gasteiger partial charge in [-0.05, 0) is 0 Å². The molecule has 0 saturated carbocycles. The molecule has 2 aliphatic heterocycles. The minimum atomic E-state index is -1.37. The maximum atomic E-state index is 12.5. The Morgan fingerprint density at radius 1 is 0.632 bits per heavy atom. The molecule has 0 spiro atoms. The van der Waals surface area contributed by atoms with Crippen LogP contribution in [0, 0.1) is 0 Å². The van der Waals surface area contributed by atoms with E-state index in [-0.39, 0.29) is 45.7 Å². The smallest absolute Gasteiger partial charge is 0.330 e. The number of ether oxygens (including phenoxy) is 8. The molecule has 5 atom stereocenters. The zero-order valence-corrected chi connectivity index (χ0v) is 20.4. The van der Waals surface area contributed by atoms with Crippen LogP contribution in [0.5, 0.6) is 0 Å². The van der Waals surface area contributed by atoms with Crippen LogP contribution in [-0.2, 0) is 66.7 Å². The maximum absolute atomic E-state index is 12.5. The van der Waals surface area contributed by atoms with Crippen molar-refractivity contribution in [3.05, 3.63) is 38.0 Å². The fourth-order valence-corrected chi connectivity index (χ4v) is 3.25. The predicted molar refractivity (Wildman–Crippen MR) is 122 cm³/mol. The molecule has 0 aromatic rings. The first-order chi connectivity index (χ1) is 18.2. The van der Waals surface area contributed by atoms with E-state index < -0.39 is 66.5 Å². The third kappa shape index (κ3) is 9.44. The molecule has 2 heterocycles. The second kappa shape index (κ2) is 15.3. The van der Waals surface area contributed by atoms with E-state index >= 15 is 0 Å². The van der Waals surface area contributed by atoms with E-state index in [4.69, 9.17) is 37.9 Å². The summed E-state index contributed by atoms with van der Waals surface area (Å²) in [4.78, 5) is 70.9. The Bertz CT molecular complexity index is 886. The molecule has 0 aromatic heterocycles. The quantitative estimate of drug-likeness (QED) is 0.152. The van der Waals surface area contributed by atoms with Gasteiger partial charge in [0.15, 0.2) is 24.6 Å². The largest absolute Gasteiger partial charge is 0.462 e. The van der Waals surface area contributed by atoms with Gasteiger partial charge in [-0.3, -0.25) is 14.4 Å². The Morgan fingerprint density at radius 2 is 1.03 bits per heavy atom. The van der Waals surface area contributed by atoms with E-state index in [2.05, 4.69) is 19.7 Å². The second-order valence-electron chi connectivity index (χ2n) is 7.60. The van der Waals surface area contributed by atoms with Crippen molar-refractivity contribution in [3.63, 3.8) is 0 Å². The summed E-state index contributed by atoms with van der Waals surface area (Å²) in [5, 5.41) is 0. The van der Waals surface area contributed by atoms with Gasteiger partial charge in [0.1, 0.15) is 25.9 Å². The Balaban J connectivity index is 2.11. The van der Waals surface area contributed by atoms with Crippen molar-refractivity contribution >= 4 is 35.8 Å². The minimum absolute atomic E-state index is 0.0793. The van der Waals surface area contributed by atoms with Crippen LogP contribution in [0.25, 0.3) is 0 Å². The molecular weight excluding hydrogens is 512 g/mol. The van der Waals surface area contributed by atoms with Crippen LogP contribution in [-0.4, -0.2) is 92.9 Å². The van der Waals surface area contributed by atoms with Crippen molar-refractivity contribution in [2.75, 3.05) is 26.4 Å². The van der Waals surface area contributed by atoms with E-state index in [0.717, 1.165) is 18.2 Å². The van der Waals surface area contributed by atoms with Crippen LogP contribution in [0.4, 0.5) is 0 Å². The SMILES string of the molecule is C=CC(=O)OCCC(=O)OC1C2COC(O2)C(OC(=O)CCOC(=O)C=C)C1OC(=O)CCOC(=O)C=C. The molecular formula is C24H28O14. The highest BCUT2D eigenvalue weighted by molar-refractivity contribution is 5.82. The third-order valence-corrected chi connectivity index (χ3v) is 4.97. The zero-order valence-electron chi connectivity index (χ0n) is 20.4. The highest BCUT2D eigenvalue weighted by Crippen LogP contribution is 2.34. The normalized spacial score (nSPS) is 23.2. The maximum Gasteiger partial charge on any atom is 0.330 e. The first kappa shape index (κ1) is 30.2. The molecule has 5 unspecified atom stereocenters. The van der Waals surface area contributed by atoms with Gasteiger partial charge < -0.3 is 37.9 Å². The standard InChI is InChI=1S/C24H28O14/c1-4-15(25)31-10-7-18(28)36-21-14-13-34-24(35-14)23(38-20(30)9-12-33-17(27)6-3)22(21)37-19(29)8-11-32-16(26)5-2/h4-6,14,21-24H,1-3,7-13H2. The molecule has 38 heavy (non-hydrogen) atoms. The lowest BCUT2D eigenvalue weighted by Gasteiger charge is -2.39. The van der Waals surface area contributed by atoms with Gasteiger partial charge in [-0.2, -0.15) is 0 Å². The third-order valence-electron chi connectivity index (χ3n) is 4.97. The second-order valence-corrected chi connectivity index (χ2v) is 7.60. The molecule has 0 aromatic carbocycles. The molecule has 0 radical (unpaired) electrons. The number of hydrogen-bond acceptors (Lipinski definition) is 14. The van der Waals surface area contributed by atoms with Gasteiger partial charge in [0, 0.05) is 18.2 Å². The number of rotatable bonds is 15. The average Bonchev–Trinajstić information content (AvgIpc) is 3.34. The predicted octanol–water partition coefficient (Wildman–Crippen LogP) is -0.165. The van der Waals surface area contributed by atoms with Crippen LogP contribution in [0.3, 0.4) is 0 Å². The van der Waals surface area contributed by atoms with Crippen molar-refractivity contribution in [2.45, 2.75) is 50.0 Å². The van der Waals surface area contributed by atoms with E-state index in [1.807, 2.05) is 0 Å². The molecule has 14 heteroatoms. The van der Waals surface area contributed by atoms with Crippen molar-refractivity contribution in [2.24, 2.45) is 0 Å². The van der Waals surface area contributed by atoms with Gasteiger partial charge in [0.2, 0.25) is 0 Å². The zero-order chi connectivity index (χ0) is 28.1.